The summed E-state index contributed by atoms with van der Waals surface area (Å²) in [5.74, 6) is 0.0500. The molecule has 0 saturated heterocycles. The molecule has 0 amide bonds. The largest absolute Gasteiger partial charge is 0.422 e. The van der Waals surface area contributed by atoms with Crippen molar-refractivity contribution in [3.8, 4) is 0 Å². The lowest BCUT2D eigenvalue weighted by molar-refractivity contribution is -0.116. The third-order valence-corrected chi connectivity index (χ3v) is 2.17. The molecule has 1 aromatic heterocycles. The van der Waals surface area contributed by atoms with Crippen LogP contribution in [0.4, 0.5) is 0 Å². The molecule has 0 aliphatic carbocycles. The first-order valence-corrected chi connectivity index (χ1v) is 4.68. The topological polar surface area (TPSA) is 47.3 Å². The zero-order valence-electron chi connectivity index (χ0n) is 8.32. The minimum atomic E-state index is -0.390. The van der Waals surface area contributed by atoms with Gasteiger partial charge in [0.1, 0.15) is 11.4 Å². The third-order valence-electron chi connectivity index (χ3n) is 2.17. The van der Waals surface area contributed by atoms with Crippen LogP contribution in [0, 0.1) is 0 Å². The Morgan fingerprint density at radius 3 is 2.80 bits per heavy atom. The second-order valence-corrected chi connectivity index (χ2v) is 3.47. The van der Waals surface area contributed by atoms with Gasteiger partial charge >= 0.3 is 5.63 Å². The number of fused-ring (bicyclic) bond motifs is 1. The molecule has 2 rings (SSSR count). The van der Waals surface area contributed by atoms with E-state index in [9.17, 15) is 9.59 Å². The van der Waals surface area contributed by atoms with Gasteiger partial charge in [-0.3, -0.25) is 4.79 Å². The van der Waals surface area contributed by atoms with Crippen LogP contribution < -0.4 is 5.63 Å². The predicted molar refractivity (Wildman–Crippen MR) is 56.9 cm³/mol. The SMILES string of the molecule is CC(=O)Cc1cccc2ccc(=O)oc12. The summed E-state index contributed by atoms with van der Waals surface area (Å²) in [6.45, 7) is 1.51. The lowest BCUT2D eigenvalue weighted by Crippen LogP contribution is -2.00. The second-order valence-electron chi connectivity index (χ2n) is 3.47. The van der Waals surface area contributed by atoms with Crippen molar-refractivity contribution in [2.45, 2.75) is 13.3 Å². The van der Waals surface area contributed by atoms with E-state index >= 15 is 0 Å². The summed E-state index contributed by atoms with van der Waals surface area (Å²) >= 11 is 0. The predicted octanol–water partition coefficient (Wildman–Crippen LogP) is 1.92. The van der Waals surface area contributed by atoms with Crippen molar-refractivity contribution >= 4 is 16.8 Å². The molecule has 0 saturated carbocycles. The Hall–Kier alpha value is -1.90. The van der Waals surface area contributed by atoms with E-state index in [-0.39, 0.29) is 5.78 Å². The van der Waals surface area contributed by atoms with E-state index in [2.05, 4.69) is 0 Å². The van der Waals surface area contributed by atoms with E-state index in [0.29, 0.717) is 12.0 Å². The van der Waals surface area contributed by atoms with Gasteiger partial charge in [-0.2, -0.15) is 0 Å². The van der Waals surface area contributed by atoms with Crippen LogP contribution >= 0.6 is 0 Å². The molecule has 0 unspecified atom stereocenters. The summed E-state index contributed by atoms with van der Waals surface area (Å²) in [6.07, 6.45) is 0.296. The van der Waals surface area contributed by atoms with Gasteiger partial charge in [0.15, 0.2) is 0 Å². The van der Waals surface area contributed by atoms with E-state index in [0.717, 1.165) is 10.9 Å². The maximum Gasteiger partial charge on any atom is 0.336 e. The molecule has 0 bridgehead atoms. The van der Waals surface area contributed by atoms with Gasteiger partial charge in [-0.15, -0.1) is 0 Å². The van der Waals surface area contributed by atoms with Crippen molar-refractivity contribution < 1.29 is 9.21 Å². The second kappa shape index (κ2) is 3.69. The smallest absolute Gasteiger partial charge is 0.336 e. The van der Waals surface area contributed by atoms with Gasteiger partial charge in [0.25, 0.3) is 0 Å². The molecule has 0 spiro atoms. The van der Waals surface area contributed by atoms with Crippen molar-refractivity contribution in [1.82, 2.24) is 0 Å². The number of rotatable bonds is 2. The normalized spacial score (nSPS) is 10.5. The van der Waals surface area contributed by atoms with Crippen molar-refractivity contribution in [1.29, 1.82) is 0 Å². The van der Waals surface area contributed by atoms with E-state index < -0.39 is 5.63 Å². The average Bonchev–Trinajstić information content (AvgIpc) is 2.18. The molecule has 0 atom stereocenters. The van der Waals surface area contributed by atoms with Gasteiger partial charge in [-0.05, 0) is 13.0 Å². The van der Waals surface area contributed by atoms with Crippen LogP contribution in [-0.2, 0) is 11.2 Å². The maximum absolute atomic E-state index is 11.1. The van der Waals surface area contributed by atoms with Gasteiger partial charge in [0, 0.05) is 23.4 Å². The monoisotopic (exact) mass is 202 g/mol. The average molecular weight is 202 g/mol. The van der Waals surface area contributed by atoms with Crippen molar-refractivity contribution in [2.75, 3.05) is 0 Å². The number of carbonyl (C=O) groups excluding carboxylic acids is 1. The molecular formula is C12H10O3. The Labute approximate surface area is 86.3 Å². The van der Waals surface area contributed by atoms with Crippen LogP contribution in [0.1, 0.15) is 12.5 Å². The van der Waals surface area contributed by atoms with Crippen LogP contribution in [0.2, 0.25) is 0 Å². The number of Topliss-reactive ketones (excluding diaryl/α,β-unsaturated/α-hetero) is 1. The molecule has 0 aliphatic rings. The Morgan fingerprint density at radius 2 is 2.07 bits per heavy atom. The molecule has 3 nitrogen and oxygen atoms in total. The number of ketones is 1. The molecule has 0 radical (unpaired) electrons. The number of carbonyl (C=O) groups is 1. The van der Waals surface area contributed by atoms with Gasteiger partial charge in [0.05, 0.1) is 0 Å². The quantitative estimate of drug-likeness (QED) is 0.699. The minimum Gasteiger partial charge on any atom is -0.422 e. The molecule has 15 heavy (non-hydrogen) atoms. The third kappa shape index (κ3) is 1.96. The molecule has 1 heterocycles. The van der Waals surface area contributed by atoms with Gasteiger partial charge in [-0.1, -0.05) is 18.2 Å². The fourth-order valence-corrected chi connectivity index (χ4v) is 1.56. The van der Waals surface area contributed by atoms with E-state index in [1.54, 1.807) is 12.1 Å². The van der Waals surface area contributed by atoms with Crippen LogP contribution in [0.15, 0.2) is 39.5 Å². The summed E-state index contributed by atoms with van der Waals surface area (Å²) in [7, 11) is 0. The Balaban J connectivity index is 2.68. The molecule has 0 aliphatic heterocycles. The summed E-state index contributed by atoms with van der Waals surface area (Å²) < 4.78 is 5.09. The Kier molecular flexibility index (Phi) is 2.37. The van der Waals surface area contributed by atoms with Crippen LogP contribution in [0.5, 0.6) is 0 Å². The van der Waals surface area contributed by atoms with E-state index in [1.165, 1.54) is 13.0 Å². The zero-order valence-corrected chi connectivity index (χ0v) is 8.32. The fraction of sp³-hybridized carbons (Fsp3) is 0.167. The number of para-hydroxylation sites is 1. The minimum absolute atomic E-state index is 0.0500. The summed E-state index contributed by atoms with van der Waals surface area (Å²) in [6, 6.07) is 8.57. The molecule has 1 aromatic carbocycles. The lowest BCUT2D eigenvalue weighted by Gasteiger charge is -2.01. The zero-order chi connectivity index (χ0) is 10.8. The van der Waals surface area contributed by atoms with Crippen molar-refractivity contribution in [3.05, 3.63) is 46.3 Å². The molecular weight excluding hydrogens is 192 g/mol. The van der Waals surface area contributed by atoms with Gasteiger partial charge < -0.3 is 4.42 Å². The highest BCUT2D eigenvalue weighted by Crippen LogP contribution is 2.17. The highest BCUT2D eigenvalue weighted by atomic mass is 16.4. The number of benzene rings is 1. The molecule has 76 valence electrons. The first-order valence-electron chi connectivity index (χ1n) is 4.68. The van der Waals surface area contributed by atoms with Gasteiger partial charge in [0.2, 0.25) is 0 Å². The van der Waals surface area contributed by atoms with Crippen molar-refractivity contribution in [3.63, 3.8) is 0 Å². The van der Waals surface area contributed by atoms with E-state index in [4.69, 9.17) is 4.42 Å². The highest BCUT2D eigenvalue weighted by molar-refractivity contribution is 5.86. The fourth-order valence-electron chi connectivity index (χ4n) is 1.56. The highest BCUT2D eigenvalue weighted by Gasteiger charge is 2.05. The first-order chi connectivity index (χ1) is 7.16. The summed E-state index contributed by atoms with van der Waals surface area (Å²) in [4.78, 5) is 22.1. The Bertz CT molecular complexity index is 566. The maximum atomic E-state index is 11.1. The molecule has 0 N–H and O–H groups in total. The van der Waals surface area contributed by atoms with Crippen LogP contribution in [0.3, 0.4) is 0 Å². The van der Waals surface area contributed by atoms with Crippen LogP contribution in [0.25, 0.3) is 11.0 Å². The number of hydrogen-bond donors (Lipinski definition) is 0. The van der Waals surface area contributed by atoms with Crippen molar-refractivity contribution in [2.24, 2.45) is 0 Å². The molecule has 2 aromatic rings. The standard InChI is InChI=1S/C12H10O3/c1-8(13)7-10-4-2-3-9-5-6-11(14)15-12(9)10/h2-6H,7H2,1H3. The lowest BCUT2D eigenvalue weighted by atomic mass is 10.1. The molecule has 0 fully saturated rings. The first kappa shape index (κ1) is 9.65. The Morgan fingerprint density at radius 1 is 1.27 bits per heavy atom. The van der Waals surface area contributed by atoms with E-state index in [1.807, 2.05) is 12.1 Å². The van der Waals surface area contributed by atoms with Gasteiger partial charge in [-0.25, -0.2) is 4.79 Å². The number of hydrogen-bond acceptors (Lipinski definition) is 3. The van der Waals surface area contributed by atoms with Crippen LogP contribution in [-0.4, -0.2) is 5.78 Å². The molecule has 3 heteroatoms. The summed E-state index contributed by atoms with van der Waals surface area (Å²) in [5.41, 5.74) is 0.886. The summed E-state index contributed by atoms with van der Waals surface area (Å²) in [5, 5.41) is 0.841.